The van der Waals surface area contributed by atoms with Crippen LogP contribution in [0.2, 0.25) is 0 Å². The van der Waals surface area contributed by atoms with Gasteiger partial charge in [0.25, 0.3) is 0 Å². The number of hydrogen-bond donors (Lipinski definition) is 1. The molecule has 0 aliphatic carbocycles. The van der Waals surface area contributed by atoms with E-state index < -0.39 is 0 Å². The lowest BCUT2D eigenvalue weighted by Crippen LogP contribution is -1.95. The van der Waals surface area contributed by atoms with Crippen LogP contribution in [0.5, 0.6) is 0 Å². The molecule has 0 aliphatic rings. The average molecular weight is 370 g/mol. The fourth-order valence-corrected chi connectivity index (χ4v) is 2.42. The quantitative estimate of drug-likeness (QED) is 0.811. The predicted octanol–water partition coefficient (Wildman–Crippen LogP) is 4.97. The number of para-hydroxylation sites is 1. The SMILES string of the molecule is N#Cc1cc(Br)cc(Nc2c(F)cccc2Br)c1. The monoisotopic (exact) mass is 368 g/mol. The summed E-state index contributed by atoms with van der Waals surface area (Å²) in [4.78, 5) is 0. The van der Waals surface area contributed by atoms with Gasteiger partial charge in [-0.1, -0.05) is 22.0 Å². The Bertz CT molecular complexity index is 615. The van der Waals surface area contributed by atoms with Gasteiger partial charge in [-0.25, -0.2) is 4.39 Å². The molecule has 5 heteroatoms. The van der Waals surface area contributed by atoms with Gasteiger partial charge in [-0.3, -0.25) is 0 Å². The molecule has 0 fully saturated rings. The van der Waals surface area contributed by atoms with E-state index in [0.717, 1.165) is 4.47 Å². The average Bonchev–Trinajstić information content (AvgIpc) is 2.33. The highest BCUT2D eigenvalue weighted by Gasteiger charge is 2.07. The number of rotatable bonds is 2. The van der Waals surface area contributed by atoms with Crippen LogP contribution < -0.4 is 5.32 Å². The van der Waals surface area contributed by atoms with Crippen LogP contribution in [-0.4, -0.2) is 0 Å². The molecular weight excluding hydrogens is 363 g/mol. The van der Waals surface area contributed by atoms with Crippen molar-refractivity contribution in [1.82, 2.24) is 0 Å². The zero-order chi connectivity index (χ0) is 13.1. The highest BCUT2D eigenvalue weighted by molar-refractivity contribution is 9.10. The fourth-order valence-electron chi connectivity index (χ4n) is 1.49. The molecule has 0 amide bonds. The molecule has 90 valence electrons. The molecule has 0 spiro atoms. The van der Waals surface area contributed by atoms with Gasteiger partial charge in [0.2, 0.25) is 0 Å². The molecule has 0 aliphatic heterocycles. The maximum Gasteiger partial charge on any atom is 0.147 e. The summed E-state index contributed by atoms with van der Waals surface area (Å²) in [5, 5.41) is 11.8. The van der Waals surface area contributed by atoms with Crippen molar-refractivity contribution in [3.63, 3.8) is 0 Å². The van der Waals surface area contributed by atoms with Gasteiger partial charge in [0.15, 0.2) is 0 Å². The summed E-state index contributed by atoms with van der Waals surface area (Å²) in [6, 6.07) is 11.9. The van der Waals surface area contributed by atoms with E-state index in [0.29, 0.717) is 21.4 Å². The van der Waals surface area contributed by atoms with Crippen LogP contribution in [0.25, 0.3) is 0 Å². The van der Waals surface area contributed by atoms with Gasteiger partial charge >= 0.3 is 0 Å². The van der Waals surface area contributed by atoms with Gasteiger partial charge in [0.1, 0.15) is 5.82 Å². The Kier molecular flexibility index (Phi) is 4.00. The highest BCUT2D eigenvalue weighted by atomic mass is 79.9. The van der Waals surface area contributed by atoms with Crippen LogP contribution in [0, 0.1) is 17.1 Å². The summed E-state index contributed by atoms with van der Waals surface area (Å²) in [7, 11) is 0. The first-order valence-corrected chi connectivity index (χ1v) is 6.60. The molecule has 0 radical (unpaired) electrons. The fraction of sp³-hybridized carbons (Fsp3) is 0. The minimum atomic E-state index is -0.358. The number of anilines is 2. The Morgan fingerprint density at radius 2 is 1.94 bits per heavy atom. The molecule has 0 saturated heterocycles. The van der Waals surface area contributed by atoms with Gasteiger partial charge in [-0.15, -0.1) is 0 Å². The number of nitrogens with one attached hydrogen (secondary N) is 1. The highest BCUT2D eigenvalue weighted by Crippen LogP contribution is 2.30. The van der Waals surface area contributed by atoms with Gasteiger partial charge in [0.05, 0.1) is 17.3 Å². The van der Waals surface area contributed by atoms with E-state index in [4.69, 9.17) is 5.26 Å². The molecule has 2 rings (SSSR count). The lowest BCUT2D eigenvalue weighted by Gasteiger charge is -2.10. The molecule has 2 aromatic carbocycles. The summed E-state index contributed by atoms with van der Waals surface area (Å²) < 4.78 is 15.0. The molecule has 0 aromatic heterocycles. The summed E-state index contributed by atoms with van der Waals surface area (Å²) in [6.07, 6.45) is 0. The van der Waals surface area contributed by atoms with Crippen molar-refractivity contribution in [3.05, 3.63) is 56.7 Å². The molecule has 0 bridgehead atoms. The van der Waals surface area contributed by atoms with Crippen molar-refractivity contribution in [1.29, 1.82) is 5.26 Å². The first-order chi connectivity index (χ1) is 8.60. The Hall–Kier alpha value is -1.38. The van der Waals surface area contributed by atoms with E-state index in [1.54, 1.807) is 30.3 Å². The van der Waals surface area contributed by atoms with Gasteiger partial charge in [-0.05, 0) is 46.3 Å². The predicted molar refractivity (Wildman–Crippen MR) is 76.2 cm³/mol. The molecule has 18 heavy (non-hydrogen) atoms. The lowest BCUT2D eigenvalue weighted by atomic mass is 10.2. The number of nitriles is 1. The van der Waals surface area contributed by atoms with Crippen molar-refractivity contribution in [2.45, 2.75) is 0 Å². The first kappa shape index (κ1) is 13.1. The second-order valence-electron chi connectivity index (χ2n) is 3.56. The zero-order valence-corrected chi connectivity index (χ0v) is 12.2. The van der Waals surface area contributed by atoms with Gasteiger partial charge in [-0.2, -0.15) is 5.26 Å². The Morgan fingerprint density at radius 3 is 2.61 bits per heavy atom. The molecular formula is C13H7Br2FN2. The third-order valence-corrected chi connectivity index (χ3v) is 3.38. The second kappa shape index (κ2) is 5.51. The maximum atomic E-state index is 13.6. The molecule has 2 aromatic rings. The van der Waals surface area contributed by atoms with Crippen LogP contribution >= 0.6 is 31.9 Å². The number of benzene rings is 2. The van der Waals surface area contributed by atoms with Crippen molar-refractivity contribution >= 4 is 43.2 Å². The van der Waals surface area contributed by atoms with Gasteiger partial charge < -0.3 is 5.32 Å². The van der Waals surface area contributed by atoms with E-state index in [-0.39, 0.29) is 5.82 Å². The Labute approximate surface area is 121 Å². The normalized spacial score (nSPS) is 9.89. The molecule has 2 nitrogen and oxygen atoms in total. The Morgan fingerprint density at radius 1 is 1.17 bits per heavy atom. The lowest BCUT2D eigenvalue weighted by molar-refractivity contribution is 0.631. The summed E-state index contributed by atoms with van der Waals surface area (Å²) in [6.45, 7) is 0. The summed E-state index contributed by atoms with van der Waals surface area (Å²) >= 11 is 6.59. The number of hydrogen-bond acceptors (Lipinski definition) is 2. The topological polar surface area (TPSA) is 35.8 Å². The maximum absolute atomic E-state index is 13.6. The molecule has 0 unspecified atom stereocenters. The summed E-state index contributed by atoms with van der Waals surface area (Å²) in [5.74, 6) is -0.358. The Balaban J connectivity index is 2.40. The standard InChI is InChI=1S/C13H7Br2FN2/c14-9-4-8(7-17)5-10(6-9)18-13-11(15)2-1-3-12(13)16/h1-6,18H. The largest absolute Gasteiger partial charge is 0.352 e. The van der Waals surface area contributed by atoms with Crippen LogP contribution in [0.4, 0.5) is 15.8 Å². The smallest absolute Gasteiger partial charge is 0.147 e. The van der Waals surface area contributed by atoms with Crippen molar-refractivity contribution in [2.75, 3.05) is 5.32 Å². The second-order valence-corrected chi connectivity index (χ2v) is 5.33. The van der Waals surface area contributed by atoms with E-state index in [1.807, 2.05) is 6.07 Å². The minimum Gasteiger partial charge on any atom is -0.352 e. The van der Waals surface area contributed by atoms with E-state index in [1.165, 1.54) is 6.07 Å². The number of halogens is 3. The number of nitrogens with zero attached hydrogens (tertiary/aromatic N) is 1. The van der Waals surface area contributed by atoms with Crippen LogP contribution in [0.15, 0.2) is 45.3 Å². The van der Waals surface area contributed by atoms with Gasteiger partial charge in [0, 0.05) is 14.6 Å². The first-order valence-electron chi connectivity index (χ1n) is 5.02. The molecule has 1 N–H and O–H groups in total. The molecule has 0 heterocycles. The zero-order valence-electron chi connectivity index (χ0n) is 9.05. The summed E-state index contributed by atoms with van der Waals surface area (Å²) in [5.41, 5.74) is 1.49. The van der Waals surface area contributed by atoms with E-state index >= 15 is 0 Å². The van der Waals surface area contributed by atoms with Crippen molar-refractivity contribution in [2.24, 2.45) is 0 Å². The van der Waals surface area contributed by atoms with Crippen LogP contribution in [0.3, 0.4) is 0 Å². The molecule has 0 saturated carbocycles. The van der Waals surface area contributed by atoms with E-state index in [9.17, 15) is 4.39 Å². The van der Waals surface area contributed by atoms with Crippen LogP contribution in [0.1, 0.15) is 5.56 Å². The third kappa shape index (κ3) is 2.89. The van der Waals surface area contributed by atoms with Crippen molar-refractivity contribution in [3.8, 4) is 6.07 Å². The van der Waals surface area contributed by atoms with Crippen molar-refractivity contribution < 1.29 is 4.39 Å². The van der Waals surface area contributed by atoms with Crippen LogP contribution in [-0.2, 0) is 0 Å². The third-order valence-electron chi connectivity index (χ3n) is 2.26. The minimum absolute atomic E-state index is 0.347. The molecule has 0 atom stereocenters. The van der Waals surface area contributed by atoms with E-state index in [2.05, 4.69) is 37.2 Å².